The van der Waals surface area contributed by atoms with Crippen LogP contribution in [0.25, 0.3) is 0 Å². The largest absolute Gasteiger partial charge is 0.477 e. The smallest absolute Gasteiger partial charge is 0.419 e. The summed E-state index contributed by atoms with van der Waals surface area (Å²) in [7, 11) is 0. The molecular weight excluding hydrogens is 369 g/mol. The molecule has 4 aliphatic carbocycles. The minimum absolute atomic E-state index is 0.0291. The molecule has 1 aromatic carbocycles. The molecule has 7 heteroatoms. The maximum Gasteiger partial charge on any atom is 0.419 e. The van der Waals surface area contributed by atoms with Crippen molar-refractivity contribution < 1.29 is 22.7 Å². The molecule has 28 heavy (non-hydrogen) atoms. The Hall–Kier alpha value is -1.76. The maximum absolute atomic E-state index is 13.2. The minimum Gasteiger partial charge on any atom is -0.477 e. The van der Waals surface area contributed by atoms with E-state index in [-0.39, 0.29) is 23.2 Å². The second-order valence-corrected chi connectivity index (χ2v) is 9.44. The van der Waals surface area contributed by atoms with E-state index in [1.165, 1.54) is 32.0 Å². The summed E-state index contributed by atoms with van der Waals surface area (Å²) in [6, 6.07) is 5.01. The number of ether oxygens (including phenoxy) is 1. The van der Waals surface area contributed by atoms with Gasteiger partial charge in [-0.3, -0.25) is 4.79 Å². The van der Waals surface area contributed by atoms with Gasteiger partial charge in [0, 0.05) is 11.6 Å². The standard InChI is InChI=1S/C21H27F3N2O2/c1-19(2,28-16-6-4-3-5-15(16)21(22,23)24)18(27)26-17-13-7-12-8-14(17)11-20(25,9-12)10-13/h3-6,12-14,17H,7-11,25H2,1-2H3,(H,26,27)/t12?,13-,14+,17+,20+. The normalized spacial score (nSPS) is 34.4. The summed E-state index contributed by atoms with van der Waals surface area (Å²) in [5.74, 6) is 0.615. The molecule has 4 bridgehead atoms. The third-order valence-corrected chi connectivity index (χ3v) is 6.72. The van der Waals surface area contributed by atoms with Gasteiger partial charge in [0.2, 0.25) is 0 Å². The number of para-hydroxylation sites is 1. The highest BCUT2D eigenvalue weighted by Gasteiger charge is 2.54. The van der Waals surface area contributed by atoms with Crippen molar-refractivity contribution in [3.8, 4) is 5.75 Å². The molecule has 3 N–H and O–H groups in total. The van der Waals surface area contributed by atoms with Crippen molar-refractivity contribution in [3.63, 3.8) is 0 Å². The average Bonchev–Trinajstić information content (AvgIpc) is 2.55. The number of carbonyl (C=O) groups is 1. The van der Waals surface area contributed by atoms with Crippen molar-refractivity contribution in [1.82, 2.24) is 5.32 Å². The number of alkyl halides is 3. The van der Waals surface area contributed by atoms with Crippen molar-refractivity contribution in [2.75, 3.05) is 0 Å². The molecule has 0 aliphatic heterocycles. The van der Waals surface area contributed by atoms with Crippen LogP contribution in [0.2, 0.25) is 0 Å². The molecule has 0 radical (unpaired) electrons. The zero-order valence-electron chi connectivity index (χ0n) is 16.2. The summed E-state index contributed by atoms with van der Waals surface area (Å²) < 4.78 is 45.3. The number of nitrogens with two attached hydrogens (primary N) is 1. The Kier molecular flexibility index (Phi) is 4.45. The van der Waals surface area contributed by atoms with Crippen LogP contribution in [0.3, 0.4) is 0 Å². The predicted octanol–water partition coefficient (Wildman–Crippen LogP) is 3.89. The molecule has 0 aromatic heterocycles. The van der Waals surface area contributed by atoms with E-state index in [1.807, 2.05) is 0 Å². The van der Waals surface area contributed by atoms with E-state index in [0.29, 0.717) is 17.8 Å². The fraction of sp³-hybridized carbons (Fsp3) is 0.667. The van der Waals surface area contributed by atoms with Crippen LogP contribution in [-0.2, 0) is 11.0 Å². The van der Waals surface area contributed by atoms with Gasteiger partial charge in [0.1, 0.15) is 5.75 Å². The Balaban J connectivity index is 1.48. The molecule has 0 spiro atoms. The van der Waals surface area contributed by atoms with E-state index in [2.05, 4.69) is 5.32 Å². The Morgan fingerprint density at radius 1 is 1.14 bits per heavy atom. The number of nitrogens with one attached hydrogen (secondary N) is 1. The van der Waals surface area contributed by atoms with Crippen LogP contribution in [0, 0.1) is 17.8 Å². The van der Waals surface area contributed by atoms with Crippen LogP contribution >= 0.6 is 0 Å². The first kappa shape index (κ1) is 19.6. The van der Waals surface area contributed by atoms with Gasteiger partial charge in [-0.05, 0) is 75.8 Å². The first-order valence-electron chi connectivity index (χ1n) is 9.92. The van der Waals surface area contributed by atoms with Crippen molar-refractivity contribution in [2.24, 2.45) is 23.5 Å². The van der Waals surface area contributed by atoms with Crippen LogP contribution in [-0.4, -0.2) is 23.1 Å². The number of halogens is 3. The number of rotatable bonds is 4. The van der Waals surface area contributed by atoms with E-state index in [9.17, 15) is 18.0 Å². The minimum atomic E-state index is -4.54. The van der Waals surface area contributed by atoms with Gasteiger partial charge < -0.3 is 15.8 Å². The zero-order chi connectivity index (χ0) is 20.3. The molecule has 1 unspecified atom stereocenters. The van der Waals surface area contributed by atoms with Crippen molar-refractivity contribution in [1.29, 1.82) is 0 Å². The summed E-state index contributed by atoms with van der Waals surface area (Å²) >= 11 is 0. The summed E-state index contributed by atoms with van der Waals surface area (Å²) in [5, 5.41) is 3.10. The van der Waals surface area contributed by atoms with Crippen LogP contribution in [0.1, 0.15) is 51.5 Å². The Bertz CT molecular complexity index is 761. The fourth-order valence-electron chi connectivity index (χ4n) is 5.76. The quantitative estimate of drug-likeness (QED) is 0.812. The Morgan fingerprint density at radius 2 is 1.75 bits per heavy atom. The number of hydrogen-bond acceptors (Lipinski definition) is 3. The lowest BCUT2D eigenvalue weighted by Gasteiger charge is -2.59. The molecule has 5 atom stereocenters. The maximum atomic E-state index is 13.2. The predicted molar refractivity (Wildman–Crippen MR) is 98.6 cm³/mol. The zero-order valence-corrected chi connectivity index (χ0v) is 16.2. The van der Waals surface area contributed by atoms with Gasteiger partial charge in [-0.25, -0.2) is 0 Å². The molecule has 5 rings (SSSR count). The Morgan fingerprint density at radius 3 is 2.32 bits per heavy atom. The second kappa shape index (κ2) is 6.37. The van der Waals surface area contributed by atoms with Crippen LogP contribution in [0.15, 0.2) is 24.3 Å². The van der Waals surface area contributed by atoms with E-state index in [0.717, 1.165) is 38.2 Å². The highest BCUT2D eigenvalue weighted by Crippen LogP contribution is 2.54. The lowest BCUT2D eigenvalue weighted by Crippen LogP contribution is -2.66. The molecule has 1 amide bonds. The van der Waals surface area contributed by atoms with Crippen LogP contribution in [0.5, 0.6) is 5.75 Å². The van der Waals surface area contributed by atoms with Gasteiger partial charge in [-0.1, -0.05) is 12.1 Å². The van der Waals surface area contributed by atoms with Crippen molar-refractivity contribution >= 4 is 5.91 Å². The number of benzene rings is 1. The Labute approximate surface area is 163 Å². The van der Waals surface area contributed by atoms with E-state index in [1.54, 1.807) is 0 Å². The molecular formula is C21H27F3N2O2. The molecule has 154 valence electrons. The van der Waals surface area contributed by atoms with Crippen LogP contribution < -0.4 is 15.8 Å². The van der Waals surface area contributed by atoms with E-state index < -0.39 is 17.3 Å². The SMILES string of the molecule is CC(C)(Oc1ccccc1C(F)(F)F)C(=O)N[C@H]1[C@@H]2CC3C[C@H]1C[C@](N)(C3)C2. The lowest BCUT2D eigenvalue weighted by atomic mass is 9.51. The molecule has 4 fully saturated rings. The summed E-state index contributed by atoms with van der Waals surface area (Å²) in [6.45, 7) is 3.02. The summed E-state index contributed by atoms with van der Waals surface area (Å²) in [6.07, 6.45) is 0.479. The van der Waals surface area contributed by atoms with Crippen molar-refractivity contribution in [3.05, 3.63) is 29.8 Å². The van der Waals surface area contributed by atoms with Gasteiger partial charge >= 0.3 is 6.18 Å². The highest BCUT2D eigenvalue weighted by molar-refractivity contribution is 5.85. The molecule has 4 saturated carbocycles. The third-order valence-electron chi connectivity index (χ3n) is 6.72. The average molecular weight is 396 g/mol. The van der Waals surface area contributed by atoms with Gasteiger partial charge in [-0.2, -0.15) is 13.2 Å². The summed E-state index contributed by atoms with van der Waals surface area (Å²) in [4.78, 5) is 13.0. The molecule has 4 aliphatic rings. The molecule has 0 heterocycles. The van der Waals surface area contributed by atoms with Gasteiger partial charge in [0.25, 0.3) is 5.91 Å². The fourth-order valence-corrected chi connectivity index (χ4v) is 5.76. The molecule has 4 nitrogen and oxygen atoms in total. The number of amides is 1. The van der Waals surface area contributed by atoms with Gasteiger partial charge in [0.15, 0.2) is 5.60 Å². The summed E-state index contributed by atoms with van der Waals surface area (Å²) in [5.41, 5.74) is 4.11. The van der Waals surface area contributed by atoms with E-state index >= 15 is 0 Å². The second-order valence-electron chi connectivity index (χ2n) is 9.44. The molecule has 0 saturated heterocycles. The topological polar surface area (TPSA) is 64.3 Å². The van der Waals surface area contributed by atoms with Crippen molar-refractivity contribution in [2.45, 2.75) is 69.3 Å². The number of carbonyl (C=O) groups excluding carboxylic acids is 1. The lowest BCUT2D eigenvalue weighted by molar-refractivity contribution is -0.145. The van der Waals surface area contributed by atoms with E-state index in [4.69, 9.17) is 10.5 Å². The monoisotopic (exact) mass is 396 g/mol. The number of hydrogen-bond donors (Lipinski definition) is 2. The van der Waals surface area contributed by atoms with Gasteiger partial charge in [-0.15, -0.1) is 0 Å². The highest BCUT2D eigenvalue weighted by atomic mass is 19.4. The van der Waals surface area contributed by atoms with Crippen LogP contribution in [0.4, 0.5) is 13.2 Å². The van der Waals surface area contributed by atoms with Gasteiger partial charge in [0.05, 0.1) is 5.56 Å². The first-order valence-corrected chi connectivity index (χ1v) is 9.92. The first-order chi connectivity index (χ1) is 13.0. The molecule has 1 aromatic rings. The third kappa shape index (κ3) is 3.49.